The van der Waals surface area contributed by atoms with Gasteiger partial charge in [-0.25, -0.2) is 0 Å². The van der Waals surface area contributed by atoms with E-state index in [0.29, 0.717) is 0 Å². The summed E-state index contributed by atoms with van der Waals surface area (Å²) in [6.45, 7) is 6.94. The number of hydrogen-bond donors (Lipinski definition) is 0. The van der Waals surface area contributed by atoms with Gasteiger partial charge in [0.15, 0.2) is 0 Å². The van der Waals surface area contributed by atoms with E-state index in [1.807, 2.05) is 0 Å². The molecule has 1 atom stereocenters. The largest absolute Gasteiger partial charge is 0.0654 e. The Balaban J connectivity index is 2.25. The Morgan fingerprint density at radius 3 is 1.97 bits per heavy atom. The minimum atomic E-state index is -0.244. The first-order chi connectivity index (χ1) is 14.3. The van der Waals surface area contributed by atoms with E-state index in [9.17, 15) is 0 Å². The van der Waals surface area contributed by atoms with Crippen molar-refractivity contribution in [2.75, 3.05) is 6.16 Å². The zero-order chi connectivity index (χ0) is 20.7. The van der Waals surface area contributed by atoms with Crippen molar-refractivity contribution in [3.05, 3.63) is 59.7 Å². The van der Waals surface area contributed by atoms with E-state index in [1.165, 1.54) is 83.2 Å². The molecule has 0 aliphatic carbocycles. The van der Waals surface area contributed by atoms with Gasteiger partial charge in [-0.2, -0.15) is 0 Å². The lowest BCUT2D eigenvalue weighted by atomic mass is 9.98. The molecule has 0 fully saturated rings. The number of aryl methyl sites for hydroxylation is 1. The average Bonchev–Trinajstić information content (AvgIpc) is 2.76. The Bertz CT molecular complexity index is 661. The molecule has 160 valence electrons. The fourth-order valence-corrected chi connectivity index (χ4v) is 6.86. The molecule has 0 saturated heterocycles. The Kier molecular flexibility index (Phi) is 12.3. The summed E-state index contributed by atoms with van der Waals surface area (Å²) in [4.78, 5) is 0. The molecule has 1 heteroatoms. The van der Waals surface area contributed by atoms with Crippen LogP contribution in [0.1, 0.15) is 96.1 Å². The van der Waals surface area contributed by atoms with Gasteiger partial charge in [-0.1, -0.05) is 114 Å². The average molecular weight is 411 g/mol. The Morgan fingerprint density at radius 1 is 0.586 bits per heavy atom. The third kappa shape index (κ3) is 8.25. The molecular weight excluding hydrogens is 367 g/mol. The maximum atomic E-state index is 2.47. The van der Waals surface area contributed by atoms with E-state index in [0.717, 1.165) is 0 Å². The van der Waals surface area contributed by atoms with Gasteiger partial charge in [0, 0.05) is 0 Å². The summed E-state index contributed by atoms with van der Waals surface area (Å²) >= 11 is 0. The third-order valence-corrected chi connectivity index (χ3v) is 8.61. The second-order valence-corrected chi connectivity index (χ2v) is 10.7. The van der Waals surface area contributed by atoms with Crippen molar-refractivity contribution < 1.29 is 0 Å². The lowest BCUT2D eigenvalue weighted by Gasteiger charge is -2.24. The monoisotopic (exact) mass is 410 g/mol. The smallest absolute Gasteiger partial charge is 0.0161 e. The zero-order valence-electron chi connectivity index (χ0n) is 19.3. The summed E-state index contributed by atoms with van der Waals surface area (Å²) in [6, 6.07) is 18.6. The van der Waals surface area contributed by atoms with E-state index in [-0.39, 0.29) is 7.92 Å². The summed E-state index contributed by atoms with van der Waals surface area (Å²) in [5.41, 5.74) is 3.33. The van der Waals surface area contributed by atoms with Crippen molar-refractivity contribution >= 4 is 18.5 Å². The van der Waals surface area contributed by atoms with Crippen LogP contribution in [-0.4, -0.2) is 6.16 Å². The molecule has 0 radical (unpaired) electrons. The number of hydrogen-bond acceptors (Lipinski definition) is 0. The minimum Gasteiger partial charge on any atom is -0.0654 e. The molecule has 0 aromatic heterocycles. The van der Waals surface area contributed by atoms with E-state index >= 15 is 0 Å². The summed E-state index contributed by atoms with van der Waals surface area (Å²) < 4.78 is 0. The lowest BCUT2D eigenvalue weighted by molar-refractivity contribution is 0.626. The highest BCUT2D eigenvalue weighted by Crippen LogP contribution is 2.37. The van der Waals surface area contributed by atoms with Crippen molar-refractivity contribution in [2.24, 2.45) is 0 Å². The van der Waals surface area contributed by atoms with E-state index in [4.69, 9.17) is 0 Å². The maximum absolute atomic E-state index is 2.47. The molecule has 29 heavy (non-hydrogen) atoms. The van der Waals surface area contributed by atoms with Gasteiger partial charge in [0.25, 0.3) is 0 Å². The van der Waals surface area contributed by atoms with Crippen molar-refractivity contribution in [3.63, 3.8) is 0 Å². The SMILES string of the molecule is CCCCCCCCP(c1ccccc1)c1cccc(CCCC)c1CCCC. The molecule has 0 aliphatic rings. The molecule has 0 amide bonds. The van der Waals surface area contributed by atoms with Gasteiger partial charge in [-0.3, -0.25) is 0 Å². The Labute approximate surface area is 182 Å². The highest BCUT2D eigenvalue weighted by Gasteiger charge is 2.18. The van der Waals surface area contributed by atoms with Crippen molar-refractivity contribution in [1.29, 1.82) is 0 Å². The molecule has 0 nitrogen and oxygen atoms in total. The van der Waals surface area contributed by atoms with Gasteiger partial charge in [-0.05, 0) is 67.9 Å². The molecule has 0 heterocycles. The molecule has 2 aromatic carbocycles. The molecule has 0 bridgehead atoms. The quantitative estimate of drug-likeness (QED) is 0.205. The van der Waals surface area contributed by atoms with Gasteiger partial charge in [0.2, 0.25) is 0 Å². The van der Waals surface area contributed by atoms with E-state index in [1.54, 1.807) is 21.7 Å². The first-order valence-corrected chi connectivity index (χ1v) is 13.8. The number of benzene rings is 2. The van der Waals surface area contributed by atoms with Gasteiger partial charge in [0.1, 0.15) is 0 Å². The first kappa shape index (κ1) is 24.1. The molecule has 2 rings (SSSR count). The molecule has 1 unspecified atom stereocenters. The van der Waals surface area contributed by atoms with Gasteiger partial charge < -0.3 is 0 Å². The highest BCUT2D eigenvalue weighted by molar-refractivity contribution is 7.73. The van der Waals surface area contributed by atoms with Crippen LogP contribution in [0.4, 0.5) is 0 Å². The summed E-state index contributed by atoms with van der Waals surface area (Å²) in [5.74, 6) is 0. The lowest BCUT2D eigenvalue weighted by Crippen LogP contribution is -2.20. The van der Waals surface area contributed by atoms with Gasteiger partial charge in [0.05, 0.1) is 0 Å². The predicted octanol–water partition coefficient (Wildman–Crippen LogP) is 8.17. The standard InChI is InChI=1S/C28H43P/c1-4-7-10-11-12-16-24-29(26-20-14-13-15-21-26)28-23-17-19-25(18-8-5-2)27(28)22-9-6-3/h13-15,17,19-21,23H,4-12,16,18,22,24H2,1-3H3. The van der Waals surface area contributed by atoms with Crippen LogP contribution in [-0.2, 0) is 12.8 Å². The van der Waals surface area contributed by atoms with E-state index < -0.39 is 0 Å². The molecular formula is C28H43P. The molecule has 0 aliphatic heterocycles. The van der Waals surface area contributed by atoms with Crippen LogP contribution in [0.25, 0.3) is 0 Å². The second-order valence-electron chi connectivity index (χ2n) is 8.38. The molecule has 0 N–H and O–H groups in total. The van der Waals surface area contributed by atoms with Crippen molar-refractivity contribution in [3.8, 4) is 0 Å². The number of unbranched alkanes of at least 4 members (excludes halogenated alkanes) is 7. The summed E-state index contributed by atoms with van der Waals surface area (Å²) in [5, 5.41) is 3.25. The van der Waals surface area contributed by atoms with E-state index in [2.05, 4.69) is 69.3 Å². The Hall–Kier alpha value is -1.13. The maximum Gasteiger partial charge on any atom is -0.0161 e. The topological polar surface area (TPSA) is 0 Å². The normalized spacial score (nSPS) is 12.2. The number of rotatable bonds is 15. The fourth-order valence-electron chi connectivity index (χ4n) is 4.16. The predicted molar refractivity (Wildman–Crippen MR) is 135 cm³/mol. The van der Waals surface area contributed by atoms with Crippen molar-refractivity contribution in [2.45, 2.75) is 97.8 Å². The first-order valence-electron chi connectivity index (χ1n) is 12.2. The minimum absolute atomic E-state index is 0.244. The fraction of sp³-hybridized carbons (Fsp3) is 0.571. The Morgan fingerprint density at radius 2 is 1.24 bits per heavy atom. The van der Waals surface area contributed by atoms with Crippen LogP contribution in [0.2, 0.25) is 0 Å². The van der Waals surface area contributed by atoms with Crippen LogP contribution in [0.3, 0.4) is 0 Å². The summed E-state index contributed by atoms with van der Waals surface area (Å²) in [6.07, 6.45) is 17.4. The van der Waals surface area contributed by atoms with Gasteiger partial charge >= 0.3 is 0 Å². The molecule has 0 saturated carbocycles. The zero-order valence-corrected chi connectivity index (χ0v) is 20.2. The van der Waals surface area contributed by atoms with Gasteiger partial charge in [-0.15, -0.1) is 0 Å². The molecule has 0 spiro atoms. The van der Waals surface area contributed by atoms with Crippen LogP contribution in [0.5, 0.6) is 0 Å². The summed E-state index contributed by atoms with van der Waals surface area (Å²) in [7, 11) is -0.244. The van der Waals surface area contributed by atoms with Crippen LogP contribution >= 0.6 is 7.92 Å². The van der Waals surface area contributed by atoms with Crippen molar-refractivity contribution in [1.82, 2.24) is 0 Å². The van der Waals surface area contributed by atoms with Crippen LogP contribution in [0, 0.1) is 0 Å². The highest BCUT2D eigenvalue weighted by atomic mass is 31.1. The van der Waals surface area contributed by atoms with Crippen LogP contribution in [0.15, 0.2) is 48.5 Å². The van der Waals surface area contributed by atoms with Crippen LogP contribution < -0.4 is 10.6 Å². The second kappa shape index (κ2) is 14.8. The molecule has 2 aromatic rings. The third-order valence-electron chi connectivity index (χ3n) is 5.92.